The van der Waals surface area contributed by atoms with Crippen LogP contribution in [0.1, 0.15) is 19.8 Å². The van der Waals surface area contributed by atoms with Crippen molar-refractivity contribution in [1.82, 2.24) is 0 Å². The van der Waals surface area contributed by atoms with Crippen LogP contribution in [-0.2, 0) is 14.3 Å². The van der Waals surface area contributed by atoms with Crippen LogP contribution in [0.15, 0.2) is 12.2 Å². The van der Waals surface area contributed by atoms with Crippen LogP contribution in [0.4, 0.5) is 0 Å². The SMILES string of the molecule is CCC(C/C=C/C(=O)O)C1COCOC1. The Morgan fingerprint density at radius 2 is 2.20 bits per heavy atom. The molecule has 1 saturated heterocycles. The van der Waals surface area contributed by atoms with E-state index in [0.29, 0.717) is 18.6 Å². The summed E-state index contributed by atoms with van der Waals surface area (Å²) < 4.78 is 10.5. The van der Waals surface area contributed by atoms with E-state index in [1.54, 1.807) is 6.08 Å². The summed E-state index contributed by atoms with van der Waals surface area (Å²) in [6, 6.07) is 0. The lowest BCUT2D eigenvalue weighted by Gasteiger charge is -2.28. The summed E-state index contributed by atoms with van der Waals surface area (Å²) in [5.41, 5.74) is 0. The average molecular weight is 214 g/mol. The number of carboxylic acid groups (broad SMARTS) is 1. The Labute approximate surface area is 89.9 Å². The van der Waals surface area contributed by atoms with Crippen LogP contribution in [0.25, 0.3) is 0 Å². The molecule has 0 bridgehead atoms. The van der Waals surface area contributed by atoms with Gasteiger partial charge in [0.2, 0.25) is 0 Å². The van der Waals surface area contributed by atoms with Crippen molar-refractivity contribution in [3.05, 3.63) is 12.2 Å². The number of aliphatic carboxylic acids is 1. The number of carboxylic acids is 1. The van der Waals surface area contributed by atoms with E-state index in [1.807, 2.05) is 0 Å². The van der Waals surface area contributed by atoms with E-state index >= 15 is 0 Å². The molecule has 0 aliphatic carbocycles. The van der Waals surface area contributed by atoms with Crippen LogP contribution in [-0.4, -0.2) is 31.1 Å². The summed E-state index contributed by atoms with van der Waals surface area (Å²) in [6.45, 7) is 3.94. The summed E-state index contributed by atoms with van der Waals surface area (Å²) in [7, 11) is 0. The minimum atomic E-state index is -0.888. The highest BCUT2D eigenvalue weighted by Crippen LogP contribution is 2.23. The Kier molecular flexibility index (Phi) is 5.36. The maximum atomic E-state index is 10.3. The summed E-state index contributed by atoms with van der Waals surface area (Å²) in [5, 5.41) is 8.47. The van der Waals surface area contributed by atoms with E-state index in [0.717, 1.165) is 26.1 Å². The second kappa shape index (κ2) is 6.58. The maximum absolute atomic E-state index is 10.3. The van der Waals surface area contributed by atoms with Crippen LogP contribution >= 0.6 is 0 Å². The molecule has 1 heterocycles. The van der Waals surface area contributed by atoms with Gasteiger partial charge in [0, 0.05) is 12.0 Å². The van der Waals surface area contributed by atoms with Gasteiger partial charge in [-0.25, -0.2) is 4.79 Å². The monoisotopic (exact) mass is 214 g/mol. The zero-order chi connectivity index (χ0) is 11.1. The fourth-order valence-electron chi connectivity index (χ4n) is 1.81. The lowest BCUT2D eigenvalue weighted by molar-refractivity contribution is -0.137. The highest BCUT2D eigenvalue weighted by atomic mass is 16.7. The highest BCUT2D eigenvalue weighted by Gasteiger charge is 2.22. The molecule has 15 heavy (non-hydrogen) atoms. The van der Waals surface area contributed by atoms with Gasteiger partial charge in [0.1, 0.15) is 6.79 Å². The molecular weight excluding hydrogens is 196 g/mol. The molecule has 0 aromatic heterocycles. The van der Waals surface area contributed by atoms with Gasteiger partial charge in [0.05, 0.1) is 13.2 Å². The first-order chi connectivity index (χ1) is 7.24. The second-order valence-electron chi connectivity index (χ2n) is 3.76. The number of ether oxygens (including phenoxy) is 2. The Morgan fingerprint density at radius 3 is 2.73 bits per heavy atom. The summed E-state index contributed by atoms with van der Waals surface area (Å²) in [4.78, 5) is 10.3. The lowest BCUT2D eigenvalue weighted by atomic mass is 9.88. The van der Waals surface area contributed by atoms with Crippen LogP contribution in [0.2, 0.25) is 0 Å². The fraction of sp³-hybridized carbons (Fsp3) is 0.727. The third-order valence-electron chi connectivity index (χ3n) is 2.72. The first kappa shape index (κ1) is 12.2. The summed E-state index contributed by atoms with van der Waals surface area (Å²) >= 11 is 0. The van der Waals surface area contributed by atoms with E-state index in [2.05, 4.69) is 6.92 Å². The van der Waals surface area contributed by atoms with Crippen molar-refractivity contribution in [1.29, 1.82) is 0 Å². The third-order valence-corrected chi connectivity index (χ3v) is 2.72. The molecule has 1 fully saturated rings. The topological polar surface area (TPSA) is 55.8 Å². The third kappa shape index (κ3) is 4.44. The van der Waals surface area contributed by atoms with Crippen LogP contribution in [0, 0.1) is 11.8 Å². The number of hydrogen-bond donors (Lipinski definition) is 1. The molecule has 1 rings (SSSR count). The Morgan fingerprint density at radius 1 is 1.53 bits per heavy atom. The first-order valence-electron chi connectivity index (χ1n) is 5.29. The van der Waals surface area contributed by atoms with E-state index in [9.17, 15) is 4.79 Å². The van der Waals surface area contributed by atoms with Gasteiger partial charge in [-0.15, -0.1) is 0 Å². The van der Waals surface area contributed by atoms with Gasteiger partial charge in [-0.05, 0) is 12.3 Å². The zero-order valence-corrected chi connectivity index (χ0v) is 9.02. The van der Waals surface area contributed by atoms with Crippen molar-refractivity contribution in [2.45, 2.75) is 19.8 Å². The molecule has 1 aliphatic heterocycles. The number of rotatable bonds is 5. The first-order valence-corrected chi connectivity index (χ1v) is 5.29. The fourth-order valence-corrected chi connectivity index (χ4v) is 1.81. The minimum Gasteiger partial charge on any atom is -0.478 e. The van der Waals surface area contributed by atoms with Crippen molar-refractivity contribution < 1.29 is 19.4 Å². The van der Waals surface area contributed by atoms with Crippen molar-refractivity contribution in [2.24, 2.45) is 11.8 Å². The molecule has 0 spiro atoms. The van der Waals surface area contributed by atoms with Crippen molar-refractivity contribution in [2.75, 3.05) is 20.0 Å². The van der Waals surface area contributed by atoms with E-state index in [4.69, 9.17) is 14.6 Å². The summed E-state index contributed by atoms with van der Waals surface area (Å²) in [6.07, 6.45) is 4.71. The molecular formula is C11H18O4. The number of carbonyl (C=O) groups is 1. The predicted molar refractivity (Wildman–Crippen MR) is 55.4 cm³/mol. The molecule has 0 amide bonds. The molecule has 4 nitrogen and oxygen atoms in total. The standard InChI is InChI=1S/C11H18O4/c1-2-9(4-3-5-11(12)13)10-6-14-8-15-7-10/h3,5,9-10H,2,4,6-8H2,1H3,(H,12,13)/b5-3+. The Hall–Kier alpha value is -0.870. The minimum absolute atomic E-state index is 0.387. The maximum Gasteiger partial charge on any atom is 0.327 e. The van der Waals surface area contributed by atoms with Gasteiger partial charge in [-0.1, -0.05) is 19.4 Å². The molecule has 0 aromatic rings. The molecule has 1 aliphatic rings. The van der Waals surface area contributed by atoms with E-state index in [-0.39, 0.29) is 0 Å². The number of hydrogen-bond acceptors (Lipinski definition) is 3. The molecule has 1 atom stereocenters. The van der Waals surface area contributed by atoms with Crippen LogP contribution in [0.5, 0.6) is 0 Å². The molecule has 1 N–H and O–H groups in total. The van der Waals surface area contributed by atoms with Crippen molar-refractivity contribution >= 4 is 5.97 Å². The molecule has 0 saturated carbocycles. The van der Waals surface area contributed by atoms with Crippen LogP contribution in [0.3, 0.4) is 0 Å². The molecule has 0 aromatic carbocycles. The second-order valence-corrected chi connectivity index (χ2v) is 3.76. The smallest absolute Gasteiger partial charge is 0.327 e. The largest absolute Gasteiger partial charge is 0.478 e. The van der Waals surface area contributed by atoms with Gasteiger partial charge in [0.25, 0.3) is 0 Å². The lowest BCUT2D eigenvalue weighted by Crippen LogP contribution is -2.30. The highest BCUT2D eigenvalue weighted by molar-refractivity contribution is 5.79. The van der Waals surface area contributed by atoms with Gasteiger partial charge in [0.15, 0.2) is 0 Å². The Balaban J connectivity index is 2.36. The molecule has 4 heteroatoms. The van der Waals surface area contributed by atoms with Gasteiger partial charge in [-0.2, -0.15) is 0 Å². The quantitative estimate of drug-likeness (QED) is 0.707. The number of allylic oxidation sites excluding steroid dienone is 1. The van der Waals surface area contributed by atoms with Gasteiger partial charge in [-0.3, -0.25) is 0 Å². The summed E-state index contributed by atoms with van der Waals surface area (Å²) in [5.74, 6) is -0.0518. The average Bonchev–Trinajstić information content (AvgIpc) is 2.25. The van der Waals surface area contributed by atoms with Crippen LogP contribution < -0.4 is 0 Å². The molecule has 1 unspecified atom stereocenters. The van der Waals surface area contributed by atoms with Crippen molar-refractivity contribution in [3.8, 4) is 0 Å². The van der Waals surface area contributed by atoms with Gasteiger partial charge < -0.3 is 14.6 Å². The van der Waals surface area contributed by atoms with E-state index < -0.39 is 5.97 Å². The van der Waals surface area contributed by atoms with Crippen molar-refractivity contribution in [3.63, 3.8) is 0 Å². The molecule has 86 valence electrons. The van der Waals surface area contributed by atoms with Gasteiger partial charge >= 0.3 is 5.97 Å². The zero-order valence-electron chi connectivity index (χ0n) is 9.02. The molecule has 0 radical (unpaired) electrons. The van der Waals surface area contributed by atoms with E-state index in [1.165, 1.54) is 6.08 Å². The normalized spacial score (nSPS) is 20.6. The Bertz CT molecular complexity index is 219. The predicted octanol–water partition coefficient (Wildman–Crippen LogP) is 1.66.